The van der Waals surface area contributed by atoms with Gasteiger partial charge < -0.3 is 10.6 Å². The van der Waals surface area contributed by atoms with Gasteiger partial charge in [-0.25, -0.2) is 9.97 Å². The molecule has 1 saturated carbocycles. The maximum Gasteiger partial charge on any atom is 0.353 e. The summed E-state index contributed by atoms with van der Waals surface area (Å²) < 4.78 is 0. The number of benzene rings is 1. The molecule has 1 fully saturated rings. The van der Waals surface area contributed by atoms with Crippen LogP contribution < -0.4 is 10.6 Å². The minimum absolute atomic E-state index is 0.0809. The van der Waals surface area contributed by atoms with Gasteiger partial charge in [-0.2, -0.15) is 0 Å². The number of aromatic nitrogens is 2. The van der Waals surface area contributed by atoms with Crippen molar-refractivity contribution in [2.45, 2.75) is 51.1 Å². The van der Waals surface area contributed by atoms with Crippen molar-refractivity contribution in [3.05, 3.63) is 52.3 Å². The second-order valence-electron chi connectivity index (χ2n) is 6.35. The molecule has 132 valence electrons. The quantitative estimate of drug-likeness (QED) is 0.466. The van der Waals surface area contributed by atoms with Gasteiger partial charge >= 0.3 is 5.69 Å². The lowest BCUT2D eigenvalue weighted by molar-refractivity contribution is -0.383. The van der Waals surface area contributed by atoms with Crippen LogP contribution >= 0.6 is 0 Å². The standard InChI is InChI=1S/C18H23N5O2/c24-23(25)16-17(19-12-14-8-4-3-5-9-14)20-13-21-18(16)22-15-10-6-1-2-7-11-15/h3-5,8-9,13,15H,1-2,6-7,10-12H2,(H2,19,20,21,22). The van der Waals surface area contributed by atoms with Crippen molar-refractivity contribution in [2.75, 3.05) is 10.6 Å². The number of anilines is 2. The molecule has 3 rings (SSSR count). The van der Waals surface area contributed by atoms with Crippen LogP contribution in [0.3, 0.4) is 0 Å². The Hall–Kier alpha value is -2.70. The van der Waals surface area contributed by atoms with E-state index < -0.39 is 4.92 Å². The highest BCUT2D eigenvalue weighted by Crippen LogP contribution is 2.31. The highest BCUT2D eigenvalue weighted by Gasteiger charge is 2.25. The molecule has 25 heavy (non-hydrogen) atoms. The number of nitrogens with zero attached hydrogens (tertiary/aromatic N) is 3. The molecule has 0 aliphatic heterocycles. The van der Waals surface area contributed by atoms with Gasteiger partial charge in [0.15, 0.2) is 0 Å². The van der Waals surface area contributed by atoms with Crippen LogP contribution in [0, 0.1) is 10.1 Å². The lowest BCUT2D eigenvalue weighted by Crippen LogP contribution is -2.20. The van der Waals surface area contributed by atoms with Crippen LogP contribution in [-0.2, 0) is 6.54 Å². The van der Waals surface area contributed by atoms with E-state index in [0.717, 1.165) is 31.2 Å². The van der Waals surface area contributed by atoms with Crippen LogP contribution in [0.5, 0.6) is 0 Å². The Morgan fingerprint density at radius 1 is 1.04 bits per heavy atom. The average molecular weight is 341 g/mol. The van der Waals surface area contributed by atoms with Gasteiger partial charge in [0.2, 0.25) is 11.6 Å². The third kappa shape index (κ3) is 4.65. The smallest absolute Gasteiger partial charge is 0.353 e. The molecule has 0 spiro atoms. The Labute approximate surface area is 147 Å². The molecule has 0 unspecified atom stereocenters. The van der Waals surface area contributed by atoms with Crippen molar-refractivity contribution < 1.29 is 4.92 Å². The average Bonchev–Trinajstić information content (AvgIpc) is 2.89. The van der Waals surface area contributed by atoms with Crippen molar-refractivity contribution in [3.8, 4) is 0 Å². The van der Waals surface area contributed by atoms with Gasteiger partial charge in [0.1, 0.15) is 6.33 Å². The summed E-state index contributed by atoms with van der Waals surface area (Å²) in [6, 6.07) is 9.97. The minimum atomic E-state index is -0.410. The molecule has 1 aliphatic carbocycles. The summed E-state index contributed by atoms with van der Waals surface area (Å²) in [5.74, 6) is 0.558. The molecule has 0 saturated heterocycles. The van der Waals surface area contributed by atoms with Gasteiger partial charge in [-0.15, -0.1) is 0 Å². The number of rotatable bonds is 6. The third-order valence-electron chi connectivity index (χ3n) is 4.50. The van der Waals surface area contributed by atoms with Crippen LogP contribution in [-0.4, -0.2) is 20.9 Å². The largest absolute Gasteiger partial charge is 0.361 e. The molecule has 1 aromatic carbocycles. The molecule has 0 amide bonds. The zero-order valence-electron chi connectivity index (χ0n) is 14.1. The van der Waals surface area contributed by atoms with Gasteiger partial charge in [0, 0.05) is 12.6 Å². The third-order valence-corrected chi connectivity index (χ3v) is 4.50. The van der Waals surface area contributed by atoms with Gasteiger partial charge in [-0.3, -0.25) is 10.1 Å². The number of hydrogen-bond acceptors (Lipinski definition) is 6. The lowest BCUT2D eigenvalue weighted by atomic mass is 10.1. The van der Waals surface area contributed by atoms with Gasteiger partial charge in [0.05, 0.1) is 4.92 Å². The summed E-state index contributed by atoms with van der Waals surface area (Å²) in [5.41, 5.74) is 0.955. The second-order valence-corrected chi connectivity index (χ2v) is 6.35. The minimum Gasteiger partial charge on any atom is -0.361 e. The highest BCUT2D eigenvalue weighted by atomic mass is 16.6. The monoisotopic (exact) mass is 341 g/mol. The second kappa shape index (κ2) is 8.41. The zero-order chi connectivity index (χ0) is 17.5. The zero-order valence-corrected chi connectivity index (χ0v) is 14.1. The molecule has 0 radical (unpaired) electrons. The Bertz CT molecular complexity index is 700. The first kappa shape index (κ1) is 17.1. The fourth-order valence-corrected chi connectivity index (χ4v) is 3.19. The van der Waals surface area contributed by atoms with Crippen molar-refractivity contribution in [3.63, 3.8) is 0 Å². The summed E-state index contributed by atoms with van der Waals surface area (Å²) in [6.07, 6.45) is 8.18. The fourth-order valence-electron chi connectivity index (χ4n) is 3.19. The predicted molar refractivity (Wildman–Crippen MR) is 97.6 cm³/mol. The number of nitro groups is 1. The van der Waals surface area contributed by atoms with Gasteiger partial charge in [-0.05, 0) is 18.4 Å². The summed E-state index contributed by atoms with van der Waals surface area (Å²) in [7, 11) is 0. The molecule has 0 bridgehead atoms. The summed E-state index contributed by atoms with van der Waals surface area (Å²) in [6.45, 7) is 0.474. The van der Waals surface area contributed by atoms with E-state index in [1.54, 1.807) is 0 Å². The maximum absolute atomic E-state index is 11.6. The molecule has 2 N–H and O–H groups in total. The fraction of sp³-hybridized carbons (Fsp3) is 0.444. The van der Waals surface area contributed by atoms with E-state index in [1.165, 1.54) is 19.2 Å². The molecular formula is C18H23N5O2. The van der Waals surface area contributed by atoms with Crippen molar-refractivity contribution in [2.24, 2.45) is 0 Å². The van der Waals surface area contributed by atoms with E-state index in [-0.39, 0.29) is 17.5 Å². The number of hydrogen-bond donors (Lipinski definition) is 2. The van der Waals surface area contributed by atoms with E-state index in [2.05, 4.69) is 20.6 Å². The highest BCUT2D eigenvalue weighted by molar-refractivity contribution is 5.69. The van der Waals surface area contributed by atoms with Gasteiger partial charge in [0.25, 0.3) is 0 Å². The normalized spacial score (nSPS) is 15.4. The van der Waals surface area contributed by atoms with E-state index in [4.69, 9.17) is 0 Å². The number of nitrogens with one attached hydrogen (secondary N) is 2. The van der Waals surface area contributed by atoms with Crippen molar-refractivity contribution in [1.29, 1.82) is 0 Å². The Morgan fingerprint density at radius 2 is 1.72 bits per heavy atom. The first-order valence-electron chi connectivity index (χ1n) is 8.78. The molecule has 1 aromatic heterocycles. The van der Waals surface area contributed by atoms with Crippen molar-refractivity contribution >= 4 is 17.3 Å². The molecular weight excluding hydrogens is 318 g/mol. The summed E-state index contributed by atoms with van der Waals surface area (Å²) in [4.78, 5) is 19.4. The lowest BCUT2D eigenvalue weighted by Gasteiger charge is -2.17. The maximum atomic E-state index is 11.6. The summed E-state index contributed by atoms with van der Waals surface area (Å²) >= 11 is 0. The van der Waals surface area contributed by atoms with Gasteiger partial charge in [-0.1, -0.05) is 56.0 Å². The van der Waals surface area contributed by atoms with E-state index in [9.17, 15) is 10.1 Å². The molecule has 2 aromatic rings. The first-order chi connectivity index (χ1) is 12.2. The Morgan fingerprint density at radius 3 is 2.40 bits per heavy atom. The topological polar surface area (TPSA) is 93.0 Å². The first-order valence-corrected chi connectivity index (χ1v) is 8.78. The van der Waals surface area contributed by atoms with Crippen LogP contribution in [0.2, 0.25) is 0 Å². The van der Waals surface area contributed by atoms with E-state index in [1.807, 2.05) is 30.3 Å². The predicted octanol–water partition coefficient (Wildman–Crippen LogP) is 4.13. The van der Waals surface area contributed by atoms with Crippen LogP contribution in [0.4, 0.5) is 17.3 Å². The van der Waals surface area contributed by atoms with E-state index in [0.29, 0.717) is 12.4 Å². The Balaban J connectivity index is 1.77. The van der Waals surface area contributed by atoms with Crippen LogP contribution in [0.1, 0.15) is 44.1 Å². The van der Waals surface area contributed by atoms with Crippen molar-refractivity contribution in [1.82, 2.24) is 9.97 Å². The molecule has 7 heteroatoms. The Kier molecular flexibility index (Phi) is 5.77. The molecule has 1 aliphatic rings. The molecule has 7 nitrogen and oxygen atoms in total. The SMILES string of the molecule is O=[N+]([O-])c1c(NCc2ccccc2)ncnc1NC1CCCCCC1. The van der Waals surface area contributed by atoms with E-state index >= 15 is 0 Å². The summed E-state index contributed by atoms with van der Waals surface area (Å²) in [5, 5.41) is 18.0. The molecule has 0 atom stereocenters. The molecule has 1 heterocycles. The van der Waals surface area contributed by atoms with Crippen LogP contribution in [0.25, 0.3) is 0 Å². The van der Waals surface area contributed by atoms with Crippen LogP contribution in [0.15, 0.2) is 36.7 Å².